The van der Waals surface area contributed by atoms with Gasteiger partial charge in [0.25, 0.3) is 0 Å². The second-order valence-corrected chi connectivity index (χ2v) is 11.3. The van der Waals surface area contributed by atoms with Crippen LogP contribution >= 0.6 is 0 Å². The number of aryl methyl sites for hydroxylation is 2. The topological polar surface area (TPSA) is 131 Å². The fraction of sp³-hybridized carbons (Fsp3) is 0.643. The number of alkyl carbamates (subject to hydrolysis) is 1. The molecule has 0 radical (unpaired) electrons. The normalized spacial score (nSPS) is 19.2. The van der Waals surface area contributed by atoms with Crippen LogP contribution in [0.2, 0.25) is 0 Å². The van der Waals surface area contributed by atoms with Gasteiger partial charge in [-0.2, -0.15) is 0 Å². The Morgan fingerprint density at radius 3 is 2.24 bits per heavy atom. The highest BCUT2D eigenvalue weighted by Crippen LogP contribution is 2.41. The van der Waals surface area contributed by atoms with Crippen LogP contribution in [0.5, 0.6) is 0 Å². The van der Waals surface area contributed by atoms with E-state index in [2.05, 4.69) is 10.6 Å². The number of benzene rings is 1. The Balaban J connectivity index is 2.53. The molecule has 1 aromatic carbocycles. The lowest BCUT2D eigenvalue weighted by Gasteiger charge is -2.35. The van der Waals surface area contributed by atoms with Crippen LogP contribution in [0.15, 0.2) is 18.2 Å². The summed E-state index contributed by atoms with van der Waals surface area (Å²) in [5, 5.41) is 5.59. The highest BCUT2D eigenvalue weighted by atomic mass is 16.6. The van der Waals surface area contributed by atoms with Gasteiger partial charge in [-0.25, -0.2) is 4.79 Å². The largest absolute Gasteiger partial charge is 0.444 e. The van der Waals surface area contributed by atoms with Gasteiger partial charge in [-0.1, -0.05) is 38.5 Å². The number of hydrogen-bond donors (Lipinski definition) is 3. The Labute approximate surface area is 220 Å². The number of ether oxygens (including phenoxy) is 1. The summed E-state index contributed by atoms with van der Waals surface area (Å²) in [5.74, 6) is -1.43. The van der Waals surface area contributed by atoms with Crippen molar-refractivity contribution in [2.24, 2.45) is 11.7 Å². The third-order valence-electron chi connectivity index (χ3n) is 6.56. The molecule has 1 aliphatic carbocycles. The number of primary amides is 1. The molecule has 5 unspecified atom stereocenters. The van der Waals surface area contributed by atoms with E-state index in [4.69, 9.17) is 10.5 Å². The van der Waals surface area contributed by atoms with Gasteiger partial charge in [-0.3, -0.25) is 14.4 Å². The molecule has 4 amide bonds. The summed E-state index contributed by atoms with van der Waals surface area (Å²) in [6.45, 7) is 15.0. The number of amides is 4. The third kappa shape index (κ3) is 8.76. The molecule has 2 rings (SSSR count). The maximum absolute atomic E-state index is 14.1. The Kier molecular flexibility index (Phi) is 10.1. The van der Waals surface area contributed by atoms with E-state index in [0.29, 0.717) is 12.0 Å². The Bertz CT molecular complexity index is 1000. The zero-order valence-electron chi connectivity index (χ0n) is 23.5. The molecule has 5 atom stereocenters. The highest BCUT2D eigenvalue weighted by molar-refractivity contribution is 5.95. The van der Waals surface area contributed by atoms with Crippen molar-refractivity contribution < 1.29 is 23.9 Å². The molecule has 0 aliphatic heterocycles. The number of rotatable bonds is 11. The van der Waals surface area contributed by atoms with Gasteiger partial charge in [0, 0.05) is 12.1 Å². The van der Waals surface area contributed by atoms with Gasteiger partial charge >= 0.3 is 6.09 Å². The standard InChI is InChI=1S/C28H44N4O5/c1-9-10-19(5)30-25(34)24(20-12-11-16(2)17(3)13-20)32(22-14-18(22)4)26(35)21(15-23(29)33)31-27(36)37-28(6,7)8/h11-13,18-19,21-22,24H,9-10,14-15H2,1-8H3,(H2,29,33)(H,30,34)(H,31,36). The van der Waals surface area contributed by atoms with Gasteiger partial charge in [-0.15, -0.1) is 0 Å². The van der Waals surface area contributed by atoms with Gasteiger partial charge in [0.1, 0.15) is 17.7 Å². The van der Waals surface area contributed by atoms with E-state index in [-0.39, 0.29) is 23.9 Å². The molecule has 37 heavy (non-hydrogen) atoms. The summed E-state index contributed by atoms with van der Waals surface area (Å²) >= 11 is 0. The zero-order valence-corrected chi connectivity index (χ0v) is 23.5. The molecule has 1 aromatic rings. The fourth-order valence-corrected chi connectivity index (χ4v) is 4.40. The molecule has 0 saturated heterocycles. The summed E-state index contributed by atoms with van der Waals surface area (Å²) in [6.07, 6.45) is 1.16. The molecule has 1 aliphatic rings. The number of nitrogens with two attached hydrogens (primary N) is 1. The van der Waals surface area contributed by atoms with Gasteiger partial charge in [0.15, 0.2) is 0 Å². The van der Waals surface area contributed by atoms with E-state index in [9.17, 15) is 19.2 Å². The molecular formula is C28H44N4O5. The van der Waals surface area contributed by atoms with Crippen molar-refractivity contribution in [3.63, 3.8) is 0 Å². The second-order valence-electron chi connectivity index (χ2n) is 11.3. The highest BCUT2D eigenvalue weighted by Gasteiger charge is 2.48. The summed E-state index contributed by atoms with van der Waals surface area (Å²) in [7, 11) is 0. The summed E-state index contributed by atoms with van der Waals surface area (Å²) < 4.78 is 5.33. The second kappa shape index (κ2) is 12.4. The van der Waals surface area contributed by atoms with Gasteiger partial charge in [0.05, 0.1) is 6.42 Å². The molecule has 0 bridgehead atoms. The van der Waals surface area contributed by atoms with Gasteiger partial charge < -0.3 is 26.0 Å². The zero-order chi connectivity index (χ0) is 28.1. The monoisotopic (exact) mass is 516 g/mol. The first-order valence-electron chi connectivity index (χ1n) is 13.1. The molecule has 1 saturated carbocycles. The van der Waals surface area contributed by atoms with Crippen molar-refractivity contribution in [3.8, 4) is 0 Å². The van der Waals surface area contributed by atoms with Gasteiger partial charge in [-0.05, 0) is 77.0 Å². The van der Waals surface area contributed by atoms with Crippen LogP contribution in [0.1, 0.15) is 90.0 Å². The van der Waals surface area contributed by atoms with Crippen molar-refractivity contribution >= 4 is 23.8 Å². The molecule has 9 nitrogen and oxygen atoms in total. The van der Waals surface area contributed by atoms with Crippen LogP contribution < -0.4 is 16.4 Å². The molecule has 1 fully saturated rings. The number of carbonyl (C=O) groups excluding carboxylic acids is 4. The minimum Gasteiger partial charge on any atom is -0.444 e. The predicted octanol–water partition coefficient (Wildman–Crippen LogP) is 3.66. The van der Waals surface area contributed by atoms with Crippen LogP contribution in [-0.4, -0.2) is 52.4 Å². The minimum absolute atomic E-state index is 0.0820. The van der Waals surface area contributed by atoms with E-state index in [1.54, 1.807) is 20.8 Å². The van der Waals surface area contributed by atoms with E-state index >= 15 is 0 Å². The quantitative estimate of drug-likeness (QED) is 0.413. The van der Waals surface area contributed by atoms with Crippen LogP contribution in [0.3, 0.4) is 0 Å². The Hall–Kier alpha value is -3.10. The molecule has 0 aromatic heterocycles. The van der Waals surface area contributed by atoms with E-state index in [1.807, 2.05) is 52.8 Å². The van der Waals surface area contributed by atoms with Crippen LogP contribution in [0.25, 0.3) is 0 Å². The van der Waals surface area contributed by atoms with E-state index < -0.39 is 42.0 Å². The molecule has 0 spiro atoms. The lowest BCUT2D eigenvalue weighted by atomic mass is 9.97. The van der Waals surface area contributed by atoms with Crippen LogP contribution in [-0.2, 0) is 19.1 Å². The van der Waals surface area contributed by atoms with E-state index in [0.717, 1.165) is 24.0 Å². The predicted molar refractivity (Wildman–Crippen MR) is 143 cm³/mol. The van der Waals surface area contributed by atoms with Crippen molar-refractivity contribution in [1.82, 2.24) is 15.5 Å². The Morgan fingerprint density at radius 2 is 1.76 bits per heavy atom. The number of carbonyl (C=O) groups is 4. The molecular weight excluding hydrogens is 472 g/mol. The van der Waals surface area contributed by atoms with Crippen molar-refractivity contribution in [2.45, 2.75) is 111 Å². The fourth-order valence-electron chi connectivity index (χ4n) is 4.40. The third-order valence-corrected chi connectivity index (χ3v) is 6.56. The first-order chi connectivity index (χ1) is 17.1. The lowest BCUT2D eigenvalue weighted by molar-refractivity contribution is -0.144. The average Bonchev–Trinajstić information content (AvgIpc) is 3.47. The van der Waals surface area contributed by atoms with Crippen LogP contribution in [0, 0.1) is 19.8 Å². The summed E-state index contributed by atoms with van der Waals surface area (Å²) in [4.78, 5) is 53.8. The van der Waals surface area contributed by atoms with Crippen molar-refractivity contribution in [2.75, 3.05) is 0 Å². The summed E-state index contributed by atoms with van der Waals surface area (Å²) in [6, 6.07) is 3.20. The molecule has 4 N–H and O–H groups in total. The molecule has 0 heterocycles. The first kappa shape index (κ1) is 30.1. The van der Waals surface area contributed by atoms with Gasteiger partial charge in [0.2, 0.25) is 17.7 Å². The number of nitrogens with one attached hydrogen (secondary N) is 2. The average molecular weight is 517 g/mol. The SMILES string of the molecule is CCCC(C)NC(=O)C(c1ccc(C)c(C)c1)N(C(=O)C(CC(N)=O)NC(=O)OC(C)(C)C)C1CC1C. The number of nitrogens with zero attached hydrogens (tertiary/aromatic N) is 1. The maximum Gasteiger partial charge on any atom is 0.408 e. The Morgan fingerprint density at radius 1 is 1.14 bits per heavy atom. The smallest absolute Gasteiger partial charge is 0.408 e. The molecule has 206 valence electrons. The maximum atomic E-state index is 14.1. The van der Waals surface area contributed by atoms with Crippen LogP contribution in [0.4, 0.5) is 4.79 Å². The first-order valence-corrected chi connectivity index (χ1v) is 13.1. The van der Waals surface area contributed by atoms with Crippen molar-refractivity contribution in [1.29, 1.82) is 0 Å². The van der Waals surface area contributed by atoms with Crippen molar-refractivity contribution in [3.05, 3.63) is 34.9 Å². The van der Waals surface area contributed by atoms with E-state index in [1.165, 1.54) is 4.90 Å². The number of hydrogen-bond acceptors (Lipinski definition) is 5. The minimum atomic E-state index is -1.27. The molecule has 9 heteroatoms. The lowest BCUT2D eigenvalue weighted by Crippen LogP contribution is -2.55. The summed E-state index contributed by atoms with van der Waals surface area (Å²) in [5.41, 5.74) is 7.39.